The van der Waals surface area contributed by atoms with Crippen molar-refractivity contribution in [2.75, 3.05) is 13.2 Å². The van der Waals surface area contributed by atoms with E-state index in [-0.39, 0.29) is 19.1 Å². The molecule has 1 aliphatic carbocycles. The molecule has 2 aromatic carbocycles. The predicted molar refractivity (Wildman–Crippen MR) is 151 cm³/mol. The van der Waals surface area contributed by atoms with Crippen molar-refractivity contribution in [3.05, 3.63) is 86.0 Å². The molecule has 9 heteroatoms. The summed E-state index contributed by atoms with van der Waals surface area (Å²) in [6, 6.07) is 13.2. The van der Waals surface area contributed by atoms with Crippen molar-refractivity contribution >= 4 is 45.3 Å². The van der Waals surface area contributed by atoms with Crippen LogP contribution in [0.2, 0.25) is 0 Å². The Balaban J connectivity index is 1.64. The van der Waals surface area contributed by atoms with E-state index in [0.29, 0.717) is 38.2 Å². The van der Waals surface area contributed by atoms with Crippen molar-refractivity contribution in [3.63, 3.8) is 0 Å². The molecule has 200 valence electrons. The second kappa shape index (κ2) is 11.2. The van der Waals surface area contributed by atoms with Gasteiger partial charge in [0, 0.05) is 21.9 Å². The van der Waals surface area contributed by atoms with Gasteiger partial charge < -0.3 is 14.6 Å². The van der Waals surface area contributed by atoms with E-state index in [1.807, 2.05) is 0 Å². The number of hydrogen-bond acceptors (Lipinski definition) is 8. The number of hydrogen-bond donors (Lipinski definition) is 1. The minimum Gasteiger partial charge on any atom is -0.494 e. The van der Waals surface area contributed by atoms with Crippen LogP contribution in [-0.4, -0.2) is 41.0 Å². The lowest BCUT2D eigenvalue weighted by Gasteiger charge is -2.14. The lowest BCUT2D eigenvalue weighted by Crippen LogP contribution is -2.20. The van der Waals surface area contributed by atoms with E-state index in [1.54, 1.807) is 62.4 Å². The third-order valence-corrected chi connectivity index (χ3v) is 7.88. The number of esters is 2. The van der Waals surface area contributed by atoms with Gasteiger partial charge in [-0.05, 0) is 75.4 Å². The molecule has 0 saturated carbocycles. The molecule has 0 bridgehead atoms. The first-order chi connectivity index (χ1) is 18.9. The lowest BCUT2D eigenvalue weighted by atomic mass is 9.95. The number of ether oxygens (including phenoxy) is 2. The Hall–Kier alpha value is -4.24. The smallest absolute Gasteiger partial charge is 0.341 e. The molecule has 2 aromatic heterocycles. The van der Waals surface area contributed by atoms with Crippen molar-refractivity contribution in [2.24, 2.45) is 4.99 Å². The van der Waals surface area contributed by atoms with Crippen molar-refractivity contribution in [1.82, 2.24) is 4.57 Å². The first kappa shape index (κ1) is 26.4. The predicted octanol–water partition coefficient (Wildman–Crippen LogP) is 5.74. The number of nitrogens with zero attached hydrogens (tertiary/aromatic N) is 2. The van der Waals surface area contributed by atoms with E-state index in [9.17, 15) is 19.5 Å². The molecule has 5 rings (SSSR count). The fourth-order valence-corrected chi connectivity index (χ4v) is 6.09. The average molecular weight is 545 g/mol. The van der Waals surface area contributed by atoms with Gasteiger partial charge in [-0.2, -0.15) is 0 Å². The number of pyridine rings is 1. The number of carbonyl (C=O) groups excluding carboxylic acids is 2. The molecule has 0 unspecified atom stereocenters. The topological polar surface area (TPSA) is 107 Å². The van der Waals surface area contributed by atoms with Gasteiger partial charge in [0.1, 0.15) is 5.00 Å². The van der Waals surface area contributed by atoms with E-state index in [2.05, 4.69) is 4.99 Å². The quantitative estimate of drug-likeness (QED) is 0.235. The fraction of sp³-hybridized carbons (Fsp3) is 0.267. The van der Waals surface area contributed by atoms with Gasteiger partial charge in [-0.25, -0.2) is 19.1 Å². The van der Waals surface area contributed by atoms with Gasteiger partial charge in [0.05, 0.1) is 35.6 Å². The number of fused-ring (bicyclic) bond motifs is 2. The standard InChI is InChI=1S/C30H28N2O6S/c1-3-37-29(35)18-13-15-19(16-14-18)32-27(33)21-10-6-5-9-20(21)23(28(32)34)17-31-26-25(30(36)38-4-2)22-11-7-8-12-24(22)39-26/h5-6,9-10,13-17,34H,3-4,7-8,11-12H2,1-2H3. The van der Waals surface area contributed by atoms with Crippen LogP contribution in [0.4, 0.5) is 5.00 Å². The van der Waals surface area contributed by atoms with Gasteiger partial charge in [-0.15, -0.1) is 11.3 Å². The van der Waals surface area contributed by atoms with E-state index >= 15 is 0 Å². The van der Waals surface area contributed by atoms with Crippen molar-refractivity contribution in [3.8, 4) is 11.6 Å². The molecule has 0 radical (unpaired) electrons. The SMILES string of the molecule is CCOC(=O)c1ccc(-n2c(O)c(C=Nc3sc4c(c3C(=O)OCC)CCCC4)c3ccccc3c2=O)cc1. The van der Waals surface area contributed by atoms with Crippen LogP contribution in [0.5, 0.6) is 5.88 Å². The number of thiophene rings is 1. The summed E-state index contributed by atoms with van der Waals surface area (Å²) in [5.74, 6) is -1.17. The Kier molecular flexibility index (Phi) is 7.60. The third kappa shape index (κ3) is 4.97. The molecule has 0 spiro atoms. The summed E-state index contributed by atoms with van der Waals surface area (Å²) in [7, 11) is 0. The first-order valence-electron chi connectivity index (χ1n) is 12.9. The fourth-order valence-electron chi connectivity index (χ4n) is 4.87. The van der Waals surface area contributed by atoms with Crippen LogP contribution in [0.3, 0.4) is 0 Å². The molecular weight excluding hydrogens is 516 g/mol. The summed E-state index contributed by atoms with van der Waals surface area (Å²) in [4.78, 5) is 44.2. The monoisotopic (exact) mass is 544 g/mol. The zero-order valence-corrected chi connectivity index (χ0v) is 22.5. The van der Waals surface area contributed by atoms with Crippen molar-refractivity contribution < 1.29 is 24.2 Å². The number of aliphatic imine (C=N–C) groups is 1. The zero-order valence-electron chi connectivity index (χ0n) is 21.7. The Bertz CT molecular complexity index is 1650. The molecule has 0 aliphatic heterocycles. The Morgan fingerprint density at radius 3 is 2.36 bits per heavy atom. The molecule has 1 N–H and O–H groups in total. The van der Waals surface area contributed by atoms with Crippen LogP contribution >= 0.6 is 11.3 Å². The Morgan fingerprint density at radius 2 is 1.64 bits per heavy atom. The van der Waals surface area contributed by atoms with Crippen LogP contribution in [0.1, 0.15) is 63.4 Å². The molecule has 4 aromatic rings. The molecule has 1 aliphatic rings. The van der Waals surface area contributed by atoms with Gasteiger partial charge >= 0.3 is 11.9 Å². The summed E-state index contributed by atoms with van der Waals surface area (Å²) in [5, 5.41) is 12.8. The van der Waals surface area contributed by atoms with Crippen LogP contribution in [0, 0.1) is 0 Å². The van der Waals surface area contributed by atoms with Gasteiger partial charge in [-0.3, -0.25) is 4.79 Å². The Labute approximate surface area is 229 Å². The molecule has 0 fully saturated rings. The normalized spacial score (nSPS) is 13.0. The number of aryl methyl sites for hydroxylation is 1. The molecular formula is C30H28N2O6S. The van der Waals surface area contributed by atoms with Crippen LogP contribution in [0.25, 0.3) is 16.5 Å². The molecule has 8 nitrogen and oxygen atoms in total. The molecule has 39 heavy (non-hydrogen) atoms. The van der Waals surface area contributed by atoms with E-state index in [1.165, 1.54) is 22.1 Å². The molecule has 0 saturated heterocycles. The zero-order chi connectivity index (χ0) is 27.5. The number of benzene rings is 2. The number of rotatable bonds is 7. The van der Waals surface area contributed by atoms with E-state index in [0.717, 1.165) is 36.1 Å². The number of carbonyl (C=O) groups is 2. The van der Waals surface area contributed by atoms with Gasteiger partial charge in [0.2, 0.25) is 5.88 Å². The minimum atomic E-state index is -0.469. The van der Waals surface area contributed by atoms with Gasteiger partial charge in [0.15, 0.2) is 0 Å². The largest absolute Gasteiger partial charge is 0.494 e. The van der Waals surface area contributed by atoms with Crippen LogP contribution < -0.4 is 5.56 Å². The van der Waals surface area contributed by atoms with E-state index in [4.69, 9.17) is 9.47 Å². The Morgan fingerprint density at radius 1 is 0.974 bits per heavy atom. The second-order valence-corrected chi connectivity index (χ2v) is 10.1. The third-order valence-electron chi connectivity index (χ3n) is 6.68. The lowest BCUT2D eigenvalue weighted by molar-refractivity contribution is 0.0516. The molecule has 2 heterocycles. The summed E-state index contributed by atoms with van der Waals surface area (Å²) in [6.45, 7) is 4.01. The summed E-state index contributed by atoms with van der Waals surface area (Å²) >= 11 is 1.47. The highest BCUT2D eigenvalue weighted by atomic mass is 32.1. The van der Waals surface area contributed by atoms with Crippen molar-refractivity contribution in [2.45, 2.75) is 39.5 Å². The highest BCUT2D eigenvalue weighted by Crippen LogP contribution is 2.40. The highest BCUT2D eigenvalue weighted by molar-refractivity contribution is 7.16. The average Bonchev–Trinajstić information content (AvgIpc) is 3.32. The maximum atomic E-state index is 13.5. The van der Waals surface area contributed by atoms with Crippen LogP contribution in [0.15, 0.2) is 58.3 Å². The highest BCUT2D eigenvalue weighted by Gasteiger charge is 2.26. The minimum absolute atomic E-state index is 0.249. The maximum Gasteiger partial charge on any atom is 0.341 e. The second-order valence-electron chi connectivity index (χ2n) is 9.06. The summed E-state index contributed by atoms with van der Waals surface area (Å²) in [6.07, 6.45) is 5.26. The maximum absolute atomic E-state index is 13.5. The summed E-state index contributed by atoms with van der Waals surface area (Å²) in [5.41, 5.74) is 2.12. The van der Waals surface area contributed by atoms with E-state index < -0.39 is 17.5 Å². The van der Waals surface area contributed by atoms with Crippen molar-refractivity contribution in [1.29, 1.82) is 0 Å². The van der Waals surface area contributed by atoms with Gasteiger partial charge in [-0.1, -0.05) is 18.2 Å². The number of aromatic nitrogens is 1. The van der Waals surface area contributed by atoms with Crippen LogP contribution in [-0.2, 0) is 22.3 Å². The molecule has 0 atom stereocenters. The first-order valence-corrected chi connectivity index (χ1v) is 13.8. The number of aromatic hydroxyl groups is 1. The molecule has 0 amide bonds. The summed E-state index contributed by atoms with van der Waals surface area (Å²) < 4.78 is 11.6. The van der Waals surface area contributed by atoms with Gasteiger partial charge in [0.25, 0.3) is 5.56 Å².